The van der Waals surface area contributed by atoms with Crippen LogP contribution in [0.25, 0.3) is 0 Å². The maximum absolute atomic E-state index is 14.0. The van der Waals surface area contributed by atoms with Crippen LogP contribution >= 0.6 is 11.3 Å². The van der Waals surface area contributed by atoms with Gasteiger partial charge in [0.15, 0.2) is 10.8 Å². The number of aliphatic carboxylic acids is 1. The van der Waals surface area contributed by atoms with Gasteiger partial charge in [0.05, 0.1) is 17.4 Å². The molecule has 1 aliphatic rings. The molecule has 1 unspecified atom stereocenters. The standard InChI is InChI=1S/C21H23F2N5O2S2.C2HF3O2.H3NO2S/c1-14-7-21(32(29,30)26-20-12-31-13-25-20)24-9-19(14)27(2)17-5-6-28(11-17)10-15-8-16(22)3-4-18(15)23;3-2(4,5)1(6)7;1-4(2)3/h3-4,7-9,12-13,17,26H,5-6,10-11H2,1-2H3;(H,6,7);1H2,(H,2,3)/p-1/t17-;;/m0../s1. The number of hydrogen-bond donors (Lipinski definition) is 3. The van der Waals surface area contributed by atoms with Gasteiger partial charge in [-0.25, -0.2) is 23.5 Å². The monoisotopic (exact) mass is 673 g/mol. The zero-order valence-corrected chi connectivity index (χ0v) is 24.9. The minimum absolute atomic E-state index is 0.0743. The molecule has 12 nitrogen and oxygen atoms in total. The molecule has 3 heterocycles. The molecule has 1 aromatic carbocycles. The summed E-state index contributed by atoms with van der Waals surface area (Å²) in [7, 11) is -1.89. The average Bonchev–Trinajstić information content (AvgIpc) is 3.57. The number of nitrogens with one attached hydrogen (secondary N) is 1. The summed E-state index contributed by atoms with van der Waals surface area (Å²) in [4.78, 5) is 21.2. The predicted molar refractivity (Wildman–Crippen MR) is 147 cm³/mol. The highest BCUT2D eigenvalue weighted by Gasteiger charge is 2.38. The van der Waals surface area contributed by atoms with E-state index in [-0.39, 0.29) is 16.9 Å². The molecular weight excluding hydrogens is 647 g/mol. The lowest BCUT2D eigenvalue weighted by molar-refractivity contribution is -0.192. The molecule has 0 amide bonds. The smallest absolute Gasteiger partial charge is 0.490 e. The van der Waals surface area contributed by atoms with Gasteiger partial charge >= 0.3 is 12.1 Å². The Bertz CT molecular complexity index is 1510. The summed E-state index contributed by atoms with van der Waals surface area (Å²) in [6.45, 7) is 3.60. The van der Waals surface area contributed by atoms with Crippen molar-refractivity contribution in [3.63, 3.8) is 0 Å². The van der Waals surface area contributed by atoms with E-state index >= 15 is 0 Å². The summed E-state index contributed by atoms with van der Waals surface area (Å²) in [5.74, 6) is -3.36. The van der Waals surface area contributed by atoms with Crippen molar-refractivity contribution < 1.29 is 49.0 Å². The van der Waals surface area contributed by atoms with Crippen molar-refractivity contribution in [2.24, 2.45) is 5.14 Å². The topological polar surface area (TPSA) is 182 Å². The van der Waals surface area contributed by atoms with Crippen LogP contribution in [0.2, 0.25) is 0 Å². The van der Waals surface area contributed by atoms with Crippen LogP contribution < -0.4 is 14.8 Å². The number of sulfonamides is 1. The Kier molecular flexibility index (Phi) is 12.9. The van der Waals surface area contributed by atoms with E-state index in [2.05, 4.69) is 29.6 Å². The number of thiazole rings is 1. The zero-order valence-electron chi connectivity index (χ0n) is 22.4. The number of anilines is 2. The first-order chi connectivity index (χ1) is 19.9. The number of carboxylic acid groups (broad SMARTS) is 1. The molecule has 0 radical (unpaired) electrons. The minimum atomic E-state index is -5.08. The number of carboxylic acids is 1. The van der Waals surface area contributed by atoms with Crippen molar-refractivity contribution in [1.82, 2.24) is 14.9 Å². The van der Waals surface area contributed by atoms with Crippen molar-refractivity contribution in [1.29, 1.82) is 0 Å². The van der Waals surface area contributed by atoms with Gasteiger partial charge in [0.25, 0.3) is 10.0 Å². The Hall–Kier alpha value is -3.30. The normalized spacial score (nSPS) is 15.9. The van der Waals surface area contributed by atoms with Gasteiger partial charge in [-0.1, -0.05) is 0 Å². The highest BCUT2D eigenvalue weighted by atomic mass is 32.2. The van der Waals surface area contributed by atoms with E-state index < -0.39 is 45.1 Å². The maximum atomic E-state index is 14.0. The fourth-order valence-electron chi connectivity index (χ4n) is 3.87. The summed E-state index contributed by atoms with van der Waals surface area (Å²) in [6.07, 6.45) is -2.68. The number of alkyl halides is 3. The lowest BCUT2D eigenvalue weighted by Crippen LogP contribution is -2.35. The first-order valence-corrected chi connectivity index (χ1v) is 15.4. The van der Waals surface area contributed by atoms with Gasteiger partial charge in [-0.2, -0.15) is 21.6 Å². The fourth-order valence-corrected chi connectivity index (χ4v) is 5.44. The molecule has 4 N–H and O–H groups in total. The number of aromatic nitrogens is 2. The molecule has 1 fully saturated rings. The first-order valence-electron chi connectivity index (χ1n) is 11.8. The minimum Gasteiger partial charge on any atom is -0.760 e. The number of benzene rings is 1. The number of nitrogens with zero attached hydrogens (tertiary/aromatic N) is 4. The average molecular weight is 674 g/mol. The summed E-state index contributed by atoms with van der Waals surface area (Å²) in [6, 6.07) is 5.18. The number of hydrogen-bond acceptors (Lipinski definition) is 10. The van der Waals surface area contributed by atoms with Gasteiger partial charge < -0.3 is 14.6 Å². The van der Waals surface area contributed by atoms with Gasteiger partial charge in [-0.15, -0.1) is 11.3 Å². The number of nitrogens with two attached hydrogens (primary N) is 1. The number of carbonyl (C=O) groups is 1. The van der Waals surface area contributed by atoms with Crippen LogP contribution in [0.3, 0.4) is 0 Å². The first kappa shape index (κ1) is 35.9. The number of halogens is 5. The molecular formula is C23H26F5N6O6S3-. The Morgan fingerprint density at radius 3 is 2.47 bits per heavy atom. The summed E-state index contributed by atoms with van der Waals surface area (Å²) >= 11 is -1.07. The maximum Gasteiger partial charge on any atom is 0.490 e. The molecule has 0 spiro atoms. The number of aryl methyl sites for hydroxylation is 1. The van der Waals surface area contributed by atoms with Crippen LogP contribution in [0.4, 0.5) is 33.5 Å². The number of likely N-dealkylation sites (tertiary alicyclic amines) is 1. The predicted octanol–water partition coefficient (Wildman–Crippen LogP) is 3.01. The second-order valence-corrected chi connectivity index (χ2v) is 11.7. The van der Waals surface area contributed by atoms with Crippen LogP contribution in [-0.4, -0.2) is 75.5 Å². The van der Waals surface area contributed by atoms with E-state index in [0.29, 0.717) is 18.7 Å². The van der Waals surface area contributed by atoms with Crippen molar-refractivity contribution in [2.45, 2.75) is 37.1 Å². The SMILES string of the molecule is Cc1cc(S(=O)(=O)Nc2cscn2)ncc1N(C)[C@H]1CCN(Cc2cc(F)ccc2F)C1.NS(=O)[O-].O=C(O)C(F)(F)F. The van der Waals surface area contributed by atoms with Gasteiger partial charge in [-0.05, 0) is 43.2 Å². The molecule has 2 atom stereocenters. The molecule has 3 aromatic rings. The lowest BCUT2D eigenvalue weighted by atomic mass is 10.1. The van der Waals surface area contributed by atoms with E-state index in [1.165, 1.54) is 23.5 Å². The summed E-state index contributed by atoms with van der Waals surface area (Å²) < 4.78 is 104. The van der Waals surface area contributed by atoms with Crippen molar-refractivity contribution in [3.05, 3.63) is 64.1 Å². The quantitative estimate of drug-likeness (QED) is 0.249. The van der Waals surface area contributed by atoms with Crippen LogP contribution in [-0.2, 0) is 32.6 Å². The van der Waals surface area contributed by atoms with Crippen LogP contribution in [0.5, 0.6) is 0 Å². The number of pyridine rings is 1. The Labute approximate surface area is 249 Å². The molecule has 1 saturated heterocycles. The van der Waals surface area contributed by atoms with E-state index in [9.17, 15) is 30.4 Å². The van der Waals surface area contributed by atoms with Gasteiger partial charge in [-0.3, -0.25) is 19.0 Å². The highest BCUT2D eigenvalue weighted by Crippen LogP contribution is 2.27. The Balaban J connectivity index is 0.000000502. The van der Waals surface area contributed by atoms with Crippen LogP contribution in [0.15, 0.2) is 46.4 Å². The third kappa shape index (κ3) is 11.4. The van der Waals surface area contributed by atoms with Crippen molar-refractivity contribution >= 4 is 50.1 Å². The molecule has 4 rings (SSSR count). The molecule has 0 aliphatic carbocycles. The molecule has 0 saturated carbocycles. The third-order valence-electron chi connectivity index (χ3n) is 5.82. The van der Waals surface area contributed by atoms with Crippen molar-refractivity contribution in [2.75, 3.05) is 29.8 Å². The molecule has 0 bridgehead atoms. The lowest BCUT2D eigenvalue weighted by Gasteiger charge is -2.28. The second-order valence-electron chi connectivity index (χ2n) is 8.88. The third-order valence-corrected chi connectivity index (χ3v) is 7.66. The molecule has 20 heteroatoms. The zero-order chi connectivity index (χ0) is 32.5. The van der Waals surface area contributed by atoms with E-state index in [4.69, 9.17) is 18.7 Å². The largest absolute Gasteiger partial charge is 0.760 e. The van der Waals surface area contributed by atoms with Gasteiger partial charge in [0.1, 0.15) is 11.6 Å². The van der Waals surface area contributed by atoms with Crippen LogP contribution in [0.1, 0.15) is 17.5 Å². The number of likely N-dealkylation sites (N-methyl/N-ethyl adjacent to an activating group) is 1. The Morgan fingerprint density at radius 2 is 1.93 bits per heavy atom. The summed E-state index contributed by atoms with van der Waals surface area (Å²) in [5.41, 5.74) is 3.48. The van der Waals surface area contributed by atoms with Crippen LogP contribution in [0, 0.1) is 18.6 Å². The molecule has 2 aromatic heterocycles. The van der Waals surface area contributed by atoms with E-state index in [1.807, 2.05) is 14.0 Å². The fraction of sp³-hybridized carbons (Fsp3) is 0.348. The summed E-state index contributed by atoms with van der Waals surface area (Å²) in [5, 5.41) is 12.7. The molecule has 43 heavy (non-hydrogen) atoms. The van der Waals surface area contributed by atoms with E-state index in [0.717, 1.165) is 36.3 Å². The van der Waals surface area contributed by atoms with Gasteiger partial charge in [0, 0.05) is 54.9 Å². The molecule has 238 valence electrons. The number of rotatable bonds is 7. The van der Waals surface area contributed by atoms with Crippen molar-refractivity contribution in [3.8, 4) is 0 Å². The second kappa shape index (κ2) is 15.4. The molecule has 1 aliphatic heterocycles. The van der Waals surface area contributed by atoms with E-state index in [1.54, 1.807) is 17.1 Å². The Morgan fingerprint density at radius 1 is 1.30 bits per heavy atom. The highest BCUT2D eigenvalue weighted by molar-refractivity contribution is 7.92. The van der Waals surface area contributed by atoms with Gasteiger partial charge in [0.2, 0.25) is 0 Å².